The van der Waals surface area contributed by atoms with Crippen LogP contribution in [0.5, 0.6) is 17.2 Å². The van der Waals surface area contributed by atoms with Crippen molar-refractivity contribution < 1.29 is 28.6 Å². The maximum absolute atomic E-state index is 12.7. The summed E-state index contributed by atoms with van der Waals surface area (Å²) in [5.74, 6) is 0.130. The van der Waals surface area contributed by atoms with Crippen molar-refractivity contribution in [1.82, 2.24) is 5.43 Å². The minimum absolute atomic E-state index is 0.255. The van der Waals surface area contributed by atoms with Gasteiger partial charge in [0.15, 0.2) is 0 Å². The Morgan fingerprint density at radius 3 is 2.05 bits per heavy atom. The molecule has 0 spiro atoms. The van der Waals surface area contributed by atoms with Crippen molar-refractivity contribution in [3.8, 4) is 17.2 Å². The van der Waals surface area contributed by atoms with Crippen LogP contribution in [0, 0.1) is 0 Å². The van der Waals surface area contributed by atoms with Gasteiger partial charge >= 0.3 is 5.97 Å². The van der Waals surface area contributed by atoms with Crippen LogP contribution in [0.15, 0.2) is 101 Å². The minimum Gasteiger partial charge on any atom is -0.497 e. The molecule has 0 bridgehead atoms. The molecule has 0 heterocycles. The van der Waals surface area contributed by atoms with E-state index < -0.39 is 11.9 Å². The van der Waals surface area contributed by atoms with Crippen molar-refractivity contribution in [3.63, 3.8) is 0 Å². The zero-order valence-electron chi connectivity index (χ0n) is 21.5. The Bertz CT molecular complexity index is 1550. The first-order valence-corrected chi connectivity index (χ1v) is 12.7. The number of anilines is 1. The molecule has 4 rings (SSSR count). The smallest absolute Gasteiger partial charge is 0.343 e. The third kappa shape index (κ3) is 7.33. The van der Waals surface area contributed by atoms with Crippen LogP contribution in [0.4, 0.5) is 5.69 Å². The van der Waals surface area contributed by atoms with Crippen molar-refractivity contribution in [2.45, 2.75) is 0 Å². The molecule has 2 N–H and O–H groups in total. The maximum atomic E-state index is 12.7. The molecule has 0 aromatic heterocycles. The van der Waals surface area contributed by atoms with Gasteiger partial charge in [-0.15, -0.1) is 0 Å². The number of halogens is 1. The minimum atomic E-state index is -0.558. The van der Waals surface area contributed by atoms with Crippen molar-refractivity contribution in [1.29, 1.82) is 0 Å². The van der Waals surface area contributed by atoms with Gasteiger partial charge in [-0.2, -0.15) is 5.10 Å². The number of benzene rings is 4. The van der Waals surface area contributed by atoms with E-state index in [-0.39, 0.29) is 17.2 Å². The summed E-state index contributed by atoms with van der Waals surface area (Å²) in [4.78, 5) is 37.9. The topological polar surface area (TPSA) is 115 Å². The Balaban J connectivity index is 1.41. The highest BCUT2D eigenvalue weighted by Gasteiger charge is 2.13. The van der Waals surface area contributed by atoms with E-state index in [1.165, 1.54) is 19.4 Å². The first-order valence-electron chi connectivity index (χ1n) is 11.9. The number of ether oxygens (including phenoxy) is 3. The van der Waals surface area contributed by atoms with Crippen LogP contribution in [0.2, 0.25) is 0 Å². The fraction of sp³-hybridized carbons (Fsp3) is 0.0667. The maximum Gasteiger partial charge on any atom is 0.343 e. The highest BCUT2D eigenvalue weighted by Crippen LogP contribution is 2.23. The number of esters is 1. The molecule has 9 nitrogen and oxygen atoms in total. The van der Waals surface area contributed by atoms with Gasteiger partial charge in [0, 0.05) is 26.9 Å². The average molecular weight is 602 g/mol. The number of nitrogens with zero attached hydrogens (tertiary/aromatic N) is 1. The first kappa shape index (κ1) is 28.1. The Kier molecular flexibility index (Phi) is 9.27. The van der Waals surface area contributed by atoms with E-state index in [1.54, 1.807) is 92.0 Å². The van der Waals surface area contributed by atoms with Gasteiger partial charge in [-0.05, 0) is 84.9 Å². The number of carbonyl (C=O) groups is 3. The van der Waals surface area contributed by atoms with Crippen LogP contribution < -0.4 is 25.0 Å². The predicted octanol–water partition coefficient (Wildman–Crippen LogP) is 5.70. The van der Waals surface area contributed by atoms with E-state index in [2.05, 4.69) is 31.8 Å². The third-order valence-corrected chi connectivity index (χ3v) is 6.10. The van der Waals surface area contributed by atoms with Gasteiger partial charge in [-0.1, -0.05) is 22.0 Å². The van der Waals surface area contributed by atoms with E-state index in [1.807, 2.05) is 0 Å². The zero-order chi connectivity index (χ0) is 28.5. The predicted molar refractivity (Wildman–Crippen MR) is 155 cm³/mol. The average Bonchev–Trinajstić information content (AvgIpc) is 2.98. The number of rotatable bonds is 9. The fourth-order valence-corrected chi connectivity index (χ4v) is 3.89. The summed E-state index contributed by atoms with van der Waals surface area (Å²) in [5, 5.41) is 6.79. The molecule has 0 saturated heterocycles. The first-order chi connectivity index (χ1) is 19.4. The molecule has 0 fully saturated rings. The van der Waals surface area contributed by atoms with Crippen molar-refractivity contribution in [2.24, 2.45) is 5.10 Å². The molecule has 0 saturated carbocycles. The number of carbonyl (C=O) groups excluding carboxylic acids is 3. The molecular formula is C30H24BrN3O6. The van der Waals surface area contributed by atoms with Gasteiger partial charge in [0.25, 0.3) is 11.8 Å². The van der Waals surface area contributed by atoms with Crippen LogP contribution in [-0.2, 0) is 0 Å². The molecule has 40 heavy (non-hydrogen) atoms. The lowest BCUT2D eigenvalue weighted by Crippen LogP contribution is -2.18. The molecule has 2 amide bonds. The lowest BCUT2D eigenvalue weighted by Gasteiger charge is -2.09. The quantitative estimate of drug-likeness (QED) is 0.110. The zero-order valence-corrected chi connectivity index (χ0v) is 23.1. The molecule has 0 radical (unpaired) electrons. The molecule has 0 aliphatic rings. The van der Waals surface area contributed by atoms with E-state index in [9.17, 15) is 14.4 Å². The summed E-state index contributed by atoms with van der Waals surface area (Å²) in [6.07, 6.45) is 1.37. The molecule has 0 aliphatic heterocycles. The number of hydrogen-bond acceptors (Lipinski definition) is 7. The van der Waals surface area contributed by atoms with Gasteiger partial charge in [0.2, 0.25) is 0 Å². The second kappa shape index (κ2) is 13.2. The number of hydrazone groups is 1. The van der Waals surface area contributed by atoms with Gasteiger partial charge in [0.05, 0.1) is 26.0 Å². The summed E-state index contributed by atoms with van der Waals surface area (Å²) in [6, 6.07) is 24.7. The molecule has 10 heteroatoms. The standard InChI is InChI=1S/C30H24BrN3O6/c1-38-25-11-6-19(7-12-25)28(35)33-24-5-3-4-21(17-24)29(36)34-32-18-22-16-23(31)10-15-27(22)40-30(37)20-8-13-26(39-2)14-9-20/h3-18H,1-2H3,(H,33,35)(H,34,36). The van der Waals surface area contributed by atoms with Crippen LogP contribution in [0.1, 0.15) is 36.6 Å². The summed E-state index contributed by atoms with van der Waals surface area (Å²) in [6.45, 7) is 0. The second-order valence-corrected chi connectivity index (χ2v) is 9.18. The Morgan fingerprint density at radius 1 is 0.750 bits per heavy atom. The lowest BCUT2D eigenvalue weighted by molar-refractivity contribution is 0.0733. The van der Waals surface area contributed by atoms with Crippen molar-refractivity contribution in [2.75, 3.05) is 19.5 Å². The van der Waals surface area contributed by atoms with E-state index in [4.69, 9.17) is 14.2 Å². The van der Waals surface area contributed by atoms with Crippen molar-refractivity contribution in [3.05, 3.63) is 118 Å². The third-order valence-electron chi connectivity index (χ3n) is 5.60. The summed E-state index contributed by atoms with van der Waals surface area (Å²) in [5.41, 5.74) is 4.42. The second-order valence-electron chi connectivity index (χ2n) is 8.26. The van der Waals surface area contributed by atoms with Crippen LogP contribution in [0.25, 0.3) is 0 Å². The summed E-state index contributed by atoms with van der Waals surface area (Å²) >= 11 is 3.39. The van der Waals surface area contributed by atoms with E-state index >= 15 is 0 Å². The SMILES string of the molecule is COc1ccc(C(=O)Nc2cccc(C(=O)NN=Cc3cc(Br)ccc3OC(=O)c3ccc(OC)cc3)c2)cc1. The molecule has 202 valence electrons. The highest BCUT2D eigenvalue weighted by atomic mass is 79.9. The van der Waals surface area contributed by atoms with Gasteiger partial charge in [-0.25, -0.2) is 10.2 Å². The van der Waals surface area contributed by atoms with Crippen LogP contribution in [-0.4, -0.2) is 38.2 Å². The Hall–Kier alpha value is -4.96. The van der Waals surface area contributed by atoms with E-state index in [0.717, 1.165) is 4.47 Å². The molecular weight excluding hydrogens is 578 g/mol. The van der Waals surface area contributed by atoms with Crippen molar-refractivity contribution >= 4 is 45.6 Å². The van der Waals surface area contributed by atoms with Gasteiger partial charge in [0.1, 0.15) is 17.2 Å². The number of methoxy groups -OCH3 is 2. The molecule has 0 unspecified atom stereocenters. The molecule has 0 aliphatic carbocycles. The van der Waals surface area contributed by atoms with Crippen LogP contribution >= 0.6 is 15.9 Å². The molecule has 0 atom stereocenters. The summed E-state index contributed by atoms with van der Waals surface area (Å²) in [7, 11) is 3.09. The largest absolute Gasteiger partial charge is 0.497 e. The normalized spacial score (nSPS) is 10.6. The number of nitrogens with one attached hydrogen (secondary N) is 2. The molecule has 4 aromatic carbocycles. The highest BCUT2D eigenvalue weighted by molar-refractivity contribution is 9.10. The Labute approximate surface area is 238 Å². The lowest BCUT2D eigenvalue weighted by atomic mass is 10.1. The van der Waals surface area contributed by atoms with Gasteiger partial charge in [-0.3, -0.25) is 9.59 Å². The van der Waals surface area contributed by atoms with Crippen LogP contribution in [0.3, 0.4) is 0 Å². The number of amides is 2. The van der Waals surface area contributed by atoms with Gasteiger partial charge < -0.3 is 19.5 Å². The monoisotopic (exact) mass is 601 g/mol. The number of hydrogen-bond donors (Lipinski definition) is 2. The Morgan fingerprint density at radius 2 is 1.40 bits per heavy atom. The van der Waals surface area contributed by atoms with E-state index in [0.29, 0.717) is 33.9 Å². The fourth-order valence-electron chi connectivity index (χ4n) is 3.51. The summed E-state index contributed by atoms with van der Waals surface area (Å²) < 4.78 is 16.5. The molecule has 4 aromatic rings.